The number of halogens is 2. The number of amides is 3. The summed E-state index contributed by atoms with van der Waals surface area (Å²) in [4.78, 5) is 41.0. The molecule has 5 aromatic carbocycles. The molecule has 0 fully saturated rings. The van der Waals surface area contributed by atoms with Crippen LogP contribution in [-0.4, -0.2) is 24.3 Å². The first-order valence-corrected chi connectivity index (χ1v) is 16.6. The fraction of sp³-hybridized carbons (Fsp3) is 0.0789. The monoisotopic (exact) mass is 695 g/mol. The Hall–Kier alpha value is -5.02. The Labute approximate surface area is 293 Å². The van der Waals surface area contributed by atoms with Gasteiger partial charge in [-0.25, -0.2) is 0 Å². The predicted molar refractivity (Wildman–Crippen MR) is 195 cm³/mol. The highest BCUT2D eigenvalue weighted by molar-refractivity contribution is 8.00. The quantitative estimate of drug-likeness (QED) is 0.0893. The maximum Gasteiger partial charge on any atom is 0.272 e. The molecule has 48 heavy (non-hydrogen) atoms. The zero-order valence-electron chi connectivity index (χ0n) is 25.8. The number of ether oxygens (including phenoxy) is 1. The number of para-hydroxylation sites is 1. The molecule has 1 unspecified atom stereocenters. The number of rotatable bonds is 12. The Morgan fingerprint density at radius 1 is 0.792 bits per heavy atom. The molecule has 0 radical (unpaired) electrons. The van der Waals surface area contributed by atoms with E-state index < -0.39 is 17.1 Å². The lowest BCUT2D eigenvalue weighted by atomic mass is 10.1. The van der Waals surface area contributed by atoms with Crippen molar-refractivity contribution in [1.29, 1.82) is 0 Å². The van der Waals surface area contributed by atoms with Gasteiger partial charge in [0.05, 0.1) is 17.3 Å². The zero-order valence-corrected chi connectivity index (χ0v) is 28.1. The van der Waals surface area contributed by atoms with Crippen molar-refractivity contribution < 1.29 is 19.1 Å². The first-order chi connectivity index (χ1) is 23.3. The van der Waals surface area contributed by atoms with Gasteiger partial charge in [-0.3, -0.25) is 14.4 Å². The molecule has 0 saturated heterocycles. The molecule has 0 bridgehead atoms. The van der Waals surface area contributed by atoms with Gasteiger partial charge >= 0.3 is 0 Å². The summed E-state index contributed by atoms with van der Waals surface area (Å²) in [6, 6.07) is 37.3. The Balaban J connectivity index is 1.35. The summed E-state index contributed by atoms with van der Waals surface area (Å²) in [6.07, 6.45) is 1.58. The topological polar surface area (TPSA) is 96.5 Å². The standard InChI is InChI=1S/C38H31Cl2N3O4S/c1-2-47-34-16-10-9-15-27(34)23-33(43-36(44)26-13-7-4-8-14-26)37(45)41-29-18-20-30(21-19-29)48-35(25-11-5-3-6-12-25)38(46)42-32-22-17-28(39)24-31(32)40/h3-24,35H,2H2,1H3,(H,41,45)(H,42,46)(H,43,44)/b33-23-. The third kappa shape index (κ3) is 9.29. The van der Waals surface area contributed by atoms with Crippen LogP contribution in [0, 0.1) is 0 Å². The van der Waals surface area contributed by atoms with Gasteiger partial charge < -0.3 is 20.7 Å². The van der Waals surface area contributed by atoms with E-state index in [4.69, 9.17) is 27.9 Å². The van der Waals surface area contributed by atoms with Crippen LogP contribution in [0.3, 0.4) is 0 Å². The molecule has 0 saturated carbocycles. The fourth-order valence-corrected chi connectivity index (χ4v) is 6.11. The third-order valence-corrected chi connectivity index (χ3v) is 8.76. The summed E-state index contributed by atoms with van der Waals surface area (Å²) in [6.45, 7) is 2.31. The van der Waals surface area contributed by atoms with Gasteiger partial charge in [-0.2, -0.15) is 0 Å². The zero-order chi connectivity index (χ0) is 33.9. The highest BCUT2D eigenvalue weighted by atomic mass is 35.5. The predicted octanol–water partition coefficient (Wildman–Crippen LogP) is 9.27. The summed E-state index contributed by atoms with van der Waals surface area (Å²) in [5.74, 6) is -0.629. The van der Waals surface area contributed by atoms with Crippen LogP contribution in [0.5, 0.6) is 5.75 Å². The number of thioether (sulfide) groups is 1. The number of nitrogens with one attached hydrogen (secondary N) is 3. The molecule has 3 amide bonds. The van der Waals surface area contributed by atoms with Crippen LogP contribution in [0.15, 0.2) is 138 Å². The second-order valence-electron chi connectivity index (χ2n) is 10.3. The SMILES string of the molecule is CCOc1ccccc1/C=C(\NC(=O)c1ccccc1)C(=O)Nc1ccc(SC(C(=O)Nc2ccc(Cl)cc2Cl)c2ccccc2)cc1. The van der Waals surface area contributed by atoms with Crippen LogP contribution < -0.4 is 20.7 Å². The third-order valence-electron chi connectivity index (χ3n) is 6.94. The van der Waals surface area contributed by atoms with E-state index in [1.165, 1.54) is 11.8 Å². The van der Waals surface area contributed by atoms with Crippen LogP contribution in [0.25, 0.3) is 6.08 Å². The molecule has 10 heteroatoms. The van der Waals surface area contributed by atoms with Crippen molar-refractivity contribution >= 4 is 70.1 Å². The molecule has 0 aliphatic rings. The van der Waals surface area contributed by atoms with E-state index in [1.807, 2.05) is 67.6 Å². The average molecular weight is 697 g/mol. The fourth-order valence-electron chi connectivity index (χ4n) is 4.63. The van der Waals surface area contributed by atoms with Crippen LogP contribution in [0.4, 0.5) is 11.4 Å². The number of hydrogen-bond acceptors (Lipinski definition) is 5. The molecule has 1 atom stereocenters. The second kappa shape index (κ2) is 16.7. The maximum atomic E-state index is 13.6. The molecule has 0 aliphatic carbocycles. The van der Waals surface area contributed by atoms with Crippen molar-refractivity contribution in [2.75, 3.05) is 17.2 Å². The summed E-state index contributed by atoms with van der Waals surface area (Å²) in [5.41, 5.74) is 2.84. The Morgan fingerprint density at radius 2 is 1.46 bits per heavy atom. The molecule has 5 rings (SSSR count). The first-order valence-electron chi connectivity index (χ1n) is 15.0. The van der Waals surface area contributed by atoms with E-state index in [0.29, 0.717) is 44.9 Å². The van der Waals surface area contributed by atoms with Crippen LogP contribution in [0.2, 0.25) is 10.0 Å². The molecule has 3 N–H and O–H groups in total. The van der Waals surface area contributed by atoms with Gasteiger partial charge in [0.2, 0.25) is 5.91 Å². The summed E-state index contributed by atoms with van der Waals surface area (Å²) in [7, 11) is 0. The van der Waals surface area contributed by atoms with Crippen molar-refractivity contribution in [2.45, 2.75) is 17.1 Å². The normalized spacial score (nSPS) is 11.7. The maximum absolute atomic E-state index is 13.6. The number of carbonyl (C=O) groups is 3. The molecule has 5 aromatic rings. The van der Waals surface area contributed by atoms with Crippen molar-refractivity contribution in [3.8, 4) is 5.75 Å². The number of anilines is 2. The minimum Gasteiger partial charge on any atom is -0.493 e. The smallest absolute Gasteiger partial charge is 0.272 e. The Morgan fingerprint density at radius 3 is 2.15 bits per heavy atom. The summed E-state index contributed by atoms with van der Waals surface area (Å²) in [5, 5.41) is 8.73. The van der Waals surface area contributed by atoms with Gasteiger partial charge in [-0.05, 0) is 79.2 Å². The lowest BCUT2D eigenvalue weighted by molar-refractivity contribution is -0.116. The van der Waals surface area contributed by atoms with E-state index in [2.05, 4.69) is 16.0 Å². The average Bonchev–Trinajstić information content (AvgIpc) is 3.10. The lowest BCUT2D eigenvalue weighted by Gasteiger charge is -2.18. The molecule has 0 heterocycles. The van der Waals surface area contributed by atoms with E-state index in [0.717, 1.165) is 10.5 Å². The molecule has 242 valence electrons. The first kappa shape index (κ1) is 34.3. The molecule has 0 aromatic heterocycles. The minimum absolute atomic E-state index is 0.0381. The molecule has 0 aliphatic heterocycles. The van der Waals surface area contributed by atoms with E-state index >= 15 is 0 Å². The largest absolute Gasteiger partial charge is 0.493 e. The number of benzene rings is 5. The summed E-state index contributed by atoms with van der Waals surface area (Å²) >= 11 is 13.7. The van der Waals surface area contributed by atoms with Crippen LogP contribution in [-0.2, 0) is 9.59 Å². The van der Waals surface area contributed by atoms with Crippen LogP contribution >= 0.6 is 35.0 Å². The van der Waals surface area contributed by atoms with Gasteiger partial charge in [0.1, 0.15) is 16.7 Å². The van der Waals surface area contributed by atoms with Gasteiger partial charge in [0, 0.05) is 26.7 Å². The minimum atomic E-state index is -0.605. The van der Waals surface area contributed by atoms with Gasteiger partial charge in [0.15, 0.2) is 0 Å². The Kier molecular flexibility index (Phi) is 11.9. The number of carbonyl (C=O) groups excluding carboxylic acids is 3. The van der Waals surface area contributed by atoms with E-state index in [-0.39, 0.29) is 11.6 Å². The second-order valence-corrected chi connectivity index (χ2v) is 12.4. The highest BCUT2D eigenvalue weighted by Gasteiger charge is 2.23. The van der Waals surface area contributed by atoms with Crippen molar-refractivity contribution in [3.05, 3.63) is 160 Å². The van der Waals surface area contributed by atoms with Crippen LogP contribution in [0.1, 0.15) is 33.7 Å². The Bertz CT molecular complexity index is 1920. The molecule has 7 nitrogen and oxygen atoms in total. The van der Waals surface area contributed by atoms with Crippen molar-refractivity contribution in [2.24, 2.45) is 0 Å². The lowest BCUT2D eigenvalue weighted by Crippen LogP contribution is -2.30. The van der Waals surface area contributed by atoms with Gasteiger partial charge in [-0.15, -0.1) is 11.8 Å². The molecular formula is C38H31Cl2N3O4S. The highest BCUT2D eigenvalue weighted by Crippen LogP contribution is 2.37. The van der Waals surface area contributed by atoms with Crippen molar-refractivity contribution in [1.82, 2.24) is 5.32 Å². The van der Waals surface area contributed by atoms with Gasteiger partial charge in [-0.1, -0.05) is 89.9 Å². The van der Waals surface area contributed by atoms with E-state index in [1.54, 1.807) is 72.8 Å². The van der Waals surface area contributed by atoms with Crippen molar-refractivity contribution in [3.63, 3.8) is 0 Å². The summed E-state index contributed by atoms with van der Waals surface area (Å²) < 4.78 is 5.73. The molecular weight excluding hydrogens is 665 g/mol. The van der Waals surface area contributed by atoms with Gasteiger partial charge in [0.25, 0.3) is 11.8 Å². The van der Waals surface area contributed by atoms with E-state index in [9.17, 15) is 14.4 Å². The molecule has 0 spiro atoms. The number of hydrogen-bond donors (Lipinski definition) is 3.